The van der Waals surface area contributed by atoms with Gasteiger partial charge in [0.2, 0.25) is 0 Å². The highest BCUT2D eigenvalue weighted by Gasteiger charge is 2.12. The zero-order valence-electron chi connectivity index (χ0n) is 12.9. The Bertz CT molecular complexity index is 351. The summed E-state index contributed by atoms with van der Waals surface area (Å²) in [5, 5.41) is 8.76. The van der Waals surface area contributed by atoms with Crippen molar-refractivity contribution in [3.63, 3.8) is 0 Å². The lowest BCUT2D eigenvalue weighted by Gasteiger charge is -2.20. The van der Waals surface area contributed by atoms with Crippen LogP contribution in [0.1, 0.15) is 44.7 Å². The van der Waals surface area contributed by atoms with Crippen molar-refractivity contribution >= 4 is 0 Å². The number of unbranched alkanes of at least 4 members (excludes halogenated alkanes) is 1. The average Bonchev–Trinajstić information content (AvgIpc) is 2.36. The fourth-order valence-electron chi connectivity index (χ4n) is 2.10. The Hall–Kier alpha value is -0.860. The standard InChI is InChI=1S/C17H29NO/c1-17(2,3)16-9-7-15(8-10-16)11-13-18(4)12-5-6-14-19/h7-10,19H,5-6,11-14H2,1-4H3. The minimum absolute atomic E-state index is 0.236. The fourth-order valence-corrected chi connectivity index (χ4v) is 2.10. The summed E-state index contributed by atoms with van der Waals surface area (Å²) in [7, 11) is 2.15. The van der Waals surface area contributed by atoms with Crippen molar-refractivity contribution in [2.45, 2.75) is 45.4 Å². The van der Waals surface area contributed by atoms with Crippen LogP contribution in [0, 0.1) is 0 Å². The molecule has 0 bridgehead atoms. The minimum atomic E-state index is 0.236. The Morgan fingerprint density at radius 3 is 2.16 bits per heavy atom. The van der Waals surface area contributed by atoms with Crippen molar-refractivity contribution in [1.29, 1.82) is 0 Å². The molecule has 19 heavy (non-hydrogen) atoms. The Morgan fingerprint density at radius 1 is 1.00 bits per heavy atom. The first-order valence-electron chi connectivity index (χ1n) is 7.32. The number of nitrogens with zero attached hydrogens (tertiary/aromatic N) is 1. The van der Waals surface area contributed by atoms with Crippen molar-refractivity contribution in [3.05, 3.63) is 35.4 Å². The molecule has 0 aliphatic rings. The van der Waals surface area contributed by atoms with Crippen molar-refractivity contribution < 1.29 is 5.11 Å². The van der Waals surface area contributed by atoms with Crippen LogP contribution in [0.5, 0.6) is 0 Å². The molecule has 0 unspecified atom stereocenters. The monoisotopic (exact) mass is 263 g/mol. The first-order chi connectivity index (χ1) is 8.93. The van der Waals surface area contributed by atoms with E-state index in [-0.39, 0.29) is 5.41 Å². The van der Waals surface area contributed by atoms with Gasteiger partial charge >= 0.3 is 0 Å². The first kappa shape index (κ1) is 16.2. The summed E-state index contributed by atoms with van der Waals surface area (Å²) in [5.74, 6) is 0. The highest BCUT2D eigenvalue weighted by molar-refractivity contribution is 5.27. The molecule has 0 radical (unpaired) electrons. The van der Waals surface area contributed by atoms with E-state index in [9.17, 15) is 0 Å². The largest absolute Gasteiger partial charge is 0.396 e. The molecule has 0 aliphatic carbocycles. The lowest BCUT2D eigenvalue weighted by atomic mass is 9.86. The molecular formula is C17H29NO. The third-order valence-electron chi connectivity index (χ3n) is 3.55. The normalized spacial score (nSPS) is 12.1. The third-order valence-corrected chi connectivity index (χ3v) is 3.55. The van der Waals surface area contributed by atoms with Gasteiger partial charge < -0.3 is 10.0 Å². The number of benzene rings is 1. The van der Waals surface area contributed by atoms with Crippen LogP contribution < -0.4 is 0 Å². The van der Waals surface area contributed by atoms with Crippen LogP contribution in [0.4, 0.5) is 0 Å². The zero-order valence-corrected chi connectivity index (χ0v) is 12.9. The lowest BCUT2D eigenvalue weighted by molar-refractivity contribution is 0.264. The molecule has 1 rings (SSSR count). The van der Waals surface area contributed by atoms with E-state index in [4.69, 9.17) is 5.11 Å². The van der Waals surface area contributed by atoms with E-state index in [1.54, 1.807) is 0 Å². The van der Waals surface area contributed by atoms with Crippen LogP contribution >= 0.6 is 0 Å². The Balaban J connectivity index is 2.37. The maximum absolute atomic E-state index is 8.76. The van der Waals surface area contributed by atoms with Crippen molar-refractivity contribution in [2.75, 3.05) is 26.7 Å². The van der Waals surface area contributed by atoms with Gasteiger partial charge in [-0.15, -0.1) is 0 Å². The smallest absolute Gasteiger partial charge is 0.0431 e. The van der Waals surface area contributed by atoms with Gasteiger partial charge in [-0.1, -0.05) is 45.0 Å². The zero-order chi connectivity index (χ0) is 14.3. The molecule has 0 heterocycles. The van der Waals surface area contributed by atoms with Gasteiger partial charge in [0.05, 0.1) is 0 Å². The predicted molar refractivity (Wildman–Crippen MR) is 82.7 cm³/mol. The van der Waals surface area contributed by atoms with Gasteiger partial charge in [0.1, 0.15) is 0 Å². The molecule has 1 N–H and O–H groups in total. The second-order valence-electron chi connectivity index (χ2n) is 6.43. The van der Waals surface area contributed by atoms with Gasteiger partial charge in [-0.2, -0.15) is 0 Å². The summed E-state index contributed by atoms with van der Waals surface area (Å²) in [5.41, 5.74) is 3.04. The van der Waals surface area contributed by atoms with Gasteiger partial charge in [-0.25, -0.2) is 0 Å². The molecule has 0 amide bonds. The van der Waals surface area contributed by atoms with E-state index in [0.29, 0.717) is 6.61 Å². The van der Waals surface area contributed by atoms with Crippen molar-refractivity contribution in [3.8, 4) is 0 Å². The van der Waals surface area contributed by atoms with Gasteiger partial charge in [0.15, 0.2) is 0 Å². The average molecular weight is 263 g/mol. The lowest BCUT2D eigenvalue weighted by Crippen LogP contribution is -2.22. The second-order valence-corrected chi connectivity index (χ2v) is 6.43. The van der Waals surface area contributed by atoms with Gasteiger partial charge in [0.25, 0.3) is 0 Å². The topological polar surface area (TPSA) is 23.5 Å². The molecule has 0 aliphatic heterocycles. The maximum Gasteiger partial charge on any atom is 0.0431 e. The van der Waals surface area contributed by atoms with Crippen LogP contribution in [0.2, 0.25) is 0 Å². The number of rotatable bonds is 7. The number of likely N-dealkylation sites (N-methyl/N-ethyl adjacent to an activating group) is 1. The number of aliphatic hydroxyl groups is 1. The molecule has 0 fully saturated rings. The quantitative estimate of drug-likeness (QED) is 0.764. The summed E-state index contributed by atoms with van der Waals surface area (Å²) in [6.07, 6.45) is 3.08. The van der Waals surface area contributed by atoms with E-state index < -0.39 is 0 Å². The highest BCUT2D eigenvalue weighted by atomic mass is 16.2. The molecule has 0 atom stereocenters. The number of aliphatic hydroxyl groups excluding tert-OH is 1. The summed E-state index contributed by atoms with van der Waals surface area (Å²) < 4.78 is 0. The van der Waals surface area contributed by atoms with E-state index >= 15 is 0 Å². The van der Waals surface area contributed by atoms with Crippen LogP contribution in [-0.4, -0.2) is 36.8 Å². The number of hydrogen-bond donors (Lipinski definition) is 1. The molecule has 108 valence electrons. The van der Waals surface area contributed by atoms with Crippen LogP contribution in [0.3, 0.4) is 0 Å². The van der Waals surface area contributed by atoms with Gasteiger partial charge in [-0.3, -0.25) is 0 Å². The molecular weight excluding hydrogens is 234 g/mol. The molecule has 0 aromatic heterocycles. The maximum atomic E-state index is 8.76. The van der Waals surface area contributed by atoms with E-state index in [2.05, 4.69) is 57.0 Å². The van der Waals surface area contributed by atoms with Gasteiger partial charge in [-0.05, 0) is 49.4 Å². The minimum Gasteiger partial charge on any atom is -0.396 e. The Labute approximate surface area is 118 Å². The Kier molecular flexibility index (Phi) is 6.53. The molecule has 0 saturated heterocycles. The third kappa shape index (κ3) is 6.22. The van der Waals surface area contributed by atoms with Crippen molar-refractivity contribution in [2.24, 2.45) is 0 Å². The van der Waals surface area contributed by atoms with E-state index in [1.807, 2.05) is 0 Å². The van der Waals surface area contributed by atoms with Crippen LogP contribution in [0.15, 0.2) is 24.3 Å². The molecule has 2 heteroatoms. The molecule has 0 spiro atoms. The van der Waals surface area contributed by atoms with Crippen LogP contribution in [0.25, 0.3) is 0 Å². The summed E-state index contributed by atoms with van der Waals surface area (Å²) in [6, 6.07) is 9.01. The Morgan fingerprint density at radius 2 is 1.63 bits per heavy atom. The van der Waals surface area contributed by atoms with E-state index in [0.717, 1.165) is 32.4 Å². The molecule has 1 aromatic carbocycles. The fraction of sp³-hybridized carbons (Fsp3) is 0.647. The highest BCUT2D eigenvalue weighted by Crippen LogP contribution is 2.22. The summed E-state index contributed by atoms with van der Waals surface area (Å²) in [6.45, 7) is 9.20. The van der Waals surface area contributed by atoms with E-state index in [1.165, 1.54) is 11.1 Å². The molecule has 0 saturated carbocycles. The predicted octanol–water partition coefficient (Wildman–Crippen LogP) is 3.23. The van der Waals surface area contributed by atoms with Crippen LogP contribution in [-0.2, 0) is 11.8 Å². The first-order valence-corrected chi connectivity index (χ1v) is 7.32. The second kappa shape index (κ2) is 7.66. The van der Waals surface area contributed by atoms with Crippen molar-refractivity contribution in [1.82, 2.24) is 4.90 Å². The summed E-state index contributed by atoms with van der Waals surface area (Å²) >= 11 is 0. The van der Waals surface area contributed by atoms with Gasteiger partial charge in [0, 0.05) is 13.2 Å². The summed E-state index contributed by atoms with van der Waals surface area (Å²) in [4.78, 5) is 2.34. The molecule has 2 nitrogen and oxygen atoms in total. The SMILES string of the molecule is CN(CCCCO)CCc1ccc(C(C)(C)C)cc1. The number of hydrogen-bond acceptors (Lipinski definition) is 2. The molecule has 1 aromatic rings.